The number of hydrogen-bond donors (Lipinski definition) is 1. The summed E-state index contributed by atoms with van der Waals surface area (Å²) >= 11 is 0. The van der Waals surface area contributed by atoms with Gasteiger partial charge in [-0.15, -0.1) is 0 Å². The number of halogens is 1. The van der Waals surface area contributed by atoms with Gasteiger partial charge in [0.15, 0.2) is 0 Å². The number of nitrogens with zero attached hydrogens (tertiary/aromatic N) is 2. The molecule has 2 aromatic carbocycles. The Balaban J connectivity index is 1.61. The number of carbonyl (C=O) groups excluding carboxylic acids is 2. The Labute approximate surface area is 166 Å². The molecule has 1 N–H and O–H groups in total. The van der Waals surface area contributed by atoms with Gasteiger partial charge in [0.25, 0.3) is 5.69 Å². The van der Waals surface area contributed by atoms with Gasteiger partial charge in [0.2, 0.25) is 11.8 Å². The van der Waals surface area contributed by atoms with Crippen molar-refractivity contribution in [2.75, 3.05) is 10.2 Å². The van der Waals surface area contributed by atoms with E-state index in [1.165, 1.54) is 24.3 Å². The lowest BCUT2D eigenvalue weighted by atomic mass is 9.85. The predicted molar refractivity (Wildman–Crippen MR) is 105 cm³/mol. The van der Waals surface area contributed by atoms with Crippen molar-refractivity contribution in [1.82, 2.24) is 0 Å². The largest absolute Gasteiger partial charge is 0.375 e. The number of carbonyl (C=O) groups is 2. The molecule has 0 bridgehead atoms. The van der Waals surface area contributed by atoms with Gasteiger partial charge in [-0.3, -0.25) is 19.7 Å². The minimum absolute atomic E-state index is 0.0598. The van der Waals surface area contributed by atoms with E-state index in [-0.39, 0.29) is 35.4 Å². The van der Waals surface area contributed by atoms with Crippen LogP contribution in [0, 0.1) is 27.8 Å². The Morgan fingerprint density at radius 2 is 1.72 bits per heavy atom. The number of allylic oxidation sites excluding steroid dienone is 2. The number of benzene rings is 2. The molecule has 0 radical (unpaired) electrons. The summed E-state index contributed by atoms with van der Waals surface area (Å²) in [6.45, 7) is 0.0598. The maximum Gasteiger partial charge on any atom is 0.294 e. The predicted octanol–water partition coefficient (Wildman–Crippen LogP) is 3.80. The minimum atomic E-state index is -0.590. The Morgan fingerprint density at radius 1 is 1.07 bits per heavy atom. The summed E-state index contributed by atoms with van der Waals surface area (Å²) in [5.74, 6) is -1.89. The molecule has 0 saturated carbocycles. The van der Waals surface area contributed by atoms with Crippen molar-refractivity contribution >= 4 is 28.9 Å². The van der Waals surface area contributed by atoms with Crippen LogP contribution in [0.1, 0.15) is 18.4 Å². The SMILES string of the molecule is O=C1[C@@H]2CC=CC[C@H]2C(=O)N1c1ccc(NCc2ccccc2F)c([N+](=O)[O-])c1. The van der Waals surface area contributed by atoms with Crippen LogP contribution in [-0.4, -0.2) is 16.7 Å². The van der Waals surface area contributed by atoms with Crippen LogP contribution >= 0.6 is 0 Å². The van der Waals surface area contributed by atoms with E-state index in [9.17, 15) is 24.1 Å². The Bertz CT molecular complexity index is 1010. The van der Waals surface area contributed by atoms with Gasteiger partial charge in [-0.2, -0.15) is 0 Å². The van der Waals surface area contributed by atoms with Crippen molar-refractivity contribution in [3.05, 3.63) is 76.1 Å². The third kappa shape index (κ3) is 3.37. The van der Waals surface area contributed by atoms with Crippen LogP contribution < -0.4 is 10.2 Å². The molecule has 148 valence electrons. The second-order valence-corrected chi connectivity index (χ2v) is 7.07. The molecule has 2 aromatic rings. The first-order valence-corrected chi connectivity index (χ1v) is 9.26. The smallest absolute Gasteiger partial charge is 0.294 e. The first kappa shape index (κ1) is 18.8. The Morgan fingerprint density at radius 3 is 2.34 bits per heavy atom. The van der Waals surface area contributed by atoms with Gasteiger partial charge in [-0.1, -0.05) is 30.4 Å². The van der Waals surface area contributed by atoms with Crippen LogP contribution in [0.3, 0.4) is 0 Å². The van der Waals surface area contributed by atoms with E-state index in [4.69, 9.17) is 0 Å². The van der Waals surface area contributed by atoms with Crippen molar-refractivity contribution in [2.45, 2.75) is 19.4 Å². The summed E-state index contributed by atoms with van der Waals surface area (Å²) < 4.78 is 13.8. The topological polar surface area (TPSA) is 92.6 Å². The van der Waals surface area contributed by atoms with Gasteiger partial charge in [0.05, 0.1) is 22.4 Å². The van der Waals surface area contributed by atoms with E-state index in [0.717, 1.165) is 4.90 Å². The van der Waals surface area contributed by atoms with E-state index in [2.05, 4.69) is 5.32 Å². The van der Waals surface area contributed by atoms with Gasteiger partial charge in [0, 0.05) is 18.2 Å². The number of fused-ring (bicyclic) bond motifs is 1. The molecule has 4 rings (SSSR count). The summed E-state index contributed by atoms with van der Waals surface area (Å²) in [4.78, 5) is 37.5. The minimum Gasteiger partial charge on any atom is -0.375 e. The molecule has 2 atom stereocenters. The molecule has 1 saturated heterocycles. The number of nitrogens with one attached hydrogen (secondary N) is 1. The molecule has 1 heterocycles. The fourth-order valence-corrected chi connectivity index (χ4v) is 3.85. The second-order valence-electron chi connectivity index (χ2n) is 7.07. The molecule has 2 aliphatic rings. The lowest BCUT2D eigenvalue weighted by Gasteiger charge is -2.16. The van der Waals surface area contributed by atoms with Crippen LogP contribution in [0.5, 0.6) is 0 Å². The van der Waals surface area contributed by atoms with Crippen LogP contribution in [-0.2, 0) is 16.1 Å². The molecule has 8 heteroatoms. The van der Waals surface area contributed by atoms with Gasteiger partial charge in [-0.25, -0.2) is 9.29 Å². The van der Waals surface area contributed by atoms with Gasteiger partial charge in [0.1, 0.15) is 11.5 Å². The lowest BCUT2D eigenvalue weighted by Crippen LogP contribution is -2.30. The molecule has 29 heavy (non-hydrogen) atoms. The average Bonchev–Trinajstić information content (AvgIpc) is 2.98. The second kappa shape index (κ2) is 7.46. The Hall–Kier alpha value is -3.55. The summed E-state index contributed by atoms with van der Waals surface area (Å²) in [5.41, 5.74) is 0.442. The highest BCUT2D eigenvalue weighted by atomic mass is 19.1. The normalized spacial score (nSPS) is 20.7. The summed E-state index contributed by atoms with van der Waals surface area (Å²) in [5, 5.41) is 14.4. The van der Waals surface area contributed by atoms with Crippen molar-refractivity contribution in [3.63, 3.8) is 0 Å². The van der Waals surface area contributed by atoms with Crippen LogP contribution in [0.2, 0.25) is 0 Å². The van der Waals surface area contributed by atoms with Crippen molar-refractivity contribution in [3.8, 4) is 0 Å². The molecule has 1 aliphatic carbocycles. The van der Waals surface area contributed by atoms with Crippen molar-refractivity contribution < 1.29 is 18.9 Å². The highest BCUT2D eigenvalue weighted by Gasteiger charge is 2.48. The molecule has 1 fully saturated rings. The zero-order chi connectivity index (χ0) is 20.5. The number of nitro benzene ring substituents is 1. The van der Waals surface area contributed by atoms with Crippen LogP contribution in [0.15, 0.2) is 54.6 Å². The first-order valence-electron chi connectivity index (χ1n) is 9.26. The van der Waals surface area contributed by atoms with E-state index in [1.807, 2.05) is 12.2 Å². The first-order chi connectivity index (χ1) is 14.0. The quantitative estimate of drug-likeness (QED) is 0.360. The fourth-order valence-electron chi connectivity index (χ4n) is 3.85. The van der Waals surface area contributed by atoms with Crippen molar-refractivity contribution in [2.24, 2.45) is 11.8 Å². The third-order valence-corrected chi connectivity index (χ3v) is 5.37. The molecule has 1 aliphatic heterocycles. The number of anilines is 2. The summed E-state index contributed by atoms with van der Waals surface area (Å²) in [7, 11) is 0. The number of nitro groups is 1. The van der Waals surface area contributed by atoms with E-state index < -0.39 is 22.6 Å². The van der Waals surface area contributed by atoms with Gasteiger partial charge >= 0.3 is 0 Å². The average molecular weight is 395 g/mol. The van der Waals surface area contributed by atoms with Crippen molar-refractivity contribution in [1.29, 1.82) is 0 Å². The molecular formula is C21H18FN3O4. The van der Waals surface area contributed by atoms with E-state index in [0.29, 0.717) is 18.4 Å². The maximum absolute atomic E-state index is 13.8. The number of imide groups is 1. The van der Waals surface area contributed by atoms with Gasteiger partial charge < -0.3 is 5.32 Å². The van der Waals surface area contributed by atoms with Gasteiger partial charge in [-0.05, 0) is 31.0 Å². The summed E-state index contributed by atoms with van der Waals surface area (Å²) in [6.07, 6.45) is 4.76. The molecule has 7 nitrogen and oxygen atoms in total. The third-order valence-electron chi connectivity index (χ3n) is 5.37. The monoisotopic (exact) mass is 395 g/mol. The molecule has 0 aromatic heterocycles. The number of amides is 2. The highest BCUT2D eigenvalue weighted by Crippen LogP contribution is 2.39. The Kier molecular flexibility index (Phi) is 4.84. The standard InChI is InChI=1S/C21H18FN3O4/c22-17-8-4-1-5-13(17)12-23-18-10-9-14(11-19(18)25(28)29)24-20(26)15-6-2-3-7-16(15)21(24)27/h1-5,8-11,15-16,23H,6-7,12H2/t15-,16-/m1/s1. The number of rotatable bonds is 5. The maximum atomic E-state index is 13.8. The lowest BCUT2D eigenvalue weighted by molar-refractivity contribution is -0.383. The van der Waals surface area contributed by atoms with Crippen LogP contribution in [0.4, 0.5) is 21.5 Å². The zero-order valence-corrected chi connectivity index (χ0v) is 15.4. The number of hydrogen-bond acceptors (Lipinski definition) is 5. The molecule has 2 amide bonds. The molecule has 0 spiro atoms. The molecule has 0 unspecified atom stereocenters. The highest BCUT2D eigenvalue weighted by molar-refractivity contribution is 6.22. The fraction of sp³-hybridized carbons (Fsp3) is 0.238. The van der Waals surface area contributed by atoms with E-state index >= 15 is 0 Å². The van der Waals surface area contributed by atoms with Crippen LogP contribution in [0.25, 0.3) is 0 Å². The van der Waals surface area contributed by atoms with E-state index in [1.54, 1.807) is 18.2 Å². The summed E-state index contributed by atoms with van der Waals surface area (Å²) in [6, 6.07) is 10.3. The molecular weight excluding hydrogens is 377 g/mol. The zero-order valence-electron chi connectivity index (χ0n) is 15.4.